The zero-order valence-electron chi connectivity index (χ0n) is 8.17. The number of nitrogens with one attached hydrogen (secondary N) is 2. The van der Waals surface area contributed by atoms with Crippen LogP contribution in [0, 0.1) is 0 Å². The number of carbonyl (C=O) groups is 2. The fraction of sp³-hybridized carbons (Fsp3) is 0.250. The zero-order chi connectivity index (χ0) is 12.1. The van der Waals surface area contributed by atoms with Gasteiger partial charge in [0.05, 0.1) is 16.5 Å². The highest BCUT2D eigenvalue weighted by Crippen LogP contribution is 2.30. The van der Waals surface area contributed by atoms with Crippen molar-refractivity contribution in [1.29, 1.82) is 0 Å². The van der Waals surface area contributed by atoms with Crippen molar-refractivity contribution in [3.8, 4) is 0 Å². The maximum atomic E-state index is 11.5. The van der Waals surface area contributed by atoms with Crippen molar-refractivity contribution in [3.63, 3.8) is 0 Å². The van der Waals surface area contributed by atoms with Crippen LogP contribution in [-0.2, 0) is 4.74 Å². The van der Waals surface area contributed by atoms with E-state index in [0.29, 0.717) is 4.34 Å². The van der Waals surface area contributed by atoms with Crippen molar-refractivity contribution in [2.75, 3.05) is 6.61 Å². The van der Waals surface area contributed by atoms with Crippen molar-refractivity contribution in [1.82, 2.24) is 10.9 Å². The molecule has 8 heteroatoms. The summed E-state index contributed by atoms with van der Waals surface area (Å²) in [6.07, 6.45) is -0.742. The molecule has 0 bridgehead atoms. The SMILES string of the molecule is CCOC(=O)NNC(=O)c1cc(Cl)sc1Cl. The van der Waals surface area contributed by atoms with Gasteiger partial charge in [-0.15, -0.1) is 11.3 Å². The lowest BCUT2D eigenvalue weighted by Gasteiger charge is -2.05. The van der Waals surface area contributed by atoms with E-state index in [2.05, 4.69) is 15.6 Å². The Hall–Kier alpha value is -0.980. The second-order valence-electron chi connectivity index (χ2n) is 2.54. The van der Waals surface area contributed by atoms with Crippen LogP contribution in [0.1, 0.15) is 17.3 Å². The summed E-state index contributed by atoms with van der Waals surface area (Å²) >= 11 is 12.5. The maximum absolute atomic E-state index is 11.5. The minimum atomic E-state index is -0.742. The van der Waals surface area contributed by atoms with Crippen LogP contribution in [-0.4, -0.2) is 18.6 Å². The first-order chi connectivity index (χ1) is 7.54. The van der Waals surface area contributed by atoms with Gasteiger partial charge in [0.2, 0.25) is 0 Å². The standard InChI is InChI=1S/C8H8Cl2N2O3S/c1-2-15-8(14)12-11-7(13)4-3-5(9)16-6(4)10/h3H,2H2,1H3,(H,11,13)(H,12,14). The van der Waals surface area contributed by atoms with Gasteiger partial charge < -0.3 is 4.74 Å². The van der Waals surface area contributed by atoms with Gasteiger partial charge in [-0.25, -0.2) is 10.2 Å². The molecule has 2 N–H and O–H groups in total. The number of carbonyl (C=O) groups excluding carboxylic acids is 2. The third-order valence-corrected chi connectivity index (χ3v) is 2.94. The number of hydrogen-bond donors (Lipinski definition) is 2. The average molecular weight is 283 g/mol. The smallest absolute Gasteiger partial charge is 0.426 e. The molecule has 1 rings (SSSR count). The molecule has 0 spiro atoms. The first-order valence-electron chi connectivity index (χ1n) is 4.22. The second-order valence-corrected chi connectivity index (χ2v) is 4.82. The van der Waals surface area contributed by atoms with E-state index in [4.69, 9.17) is 23.2 Å². The fourth-order valence-electron chi connectivity index (χ4n) is 0.837. The minimum absolute atomic E-state index is 0.202. The molecule has 0 atom stereocenters. The molecule has 0 aliphatic heterocycles. The molecule has 0 unspecified atom stereocenters. The highest BCUT2D eigenvalue weighted by molar-refractivity contribution is 7.20. The van der Waals surface area contributed by atoms with Crippen molar-refractivity contribution < 1.29 is 14.3 Å². The number of thiophene rings is 1. The van der Waals surface area contributed by atoms with E-state index in [1.54, 1.807) is 6.92 Å². The molecule has 1 aromatic rings. The molecule has 0 aliphatic carbocycles. The fourth-order valence-corrected chi connectivity index (χ4v) is 2.30. The van der Waals surface area contributed by atoms with E-state index in [9.17, 15) is 9.59 Å². The van der Waals surface area contributed by atoms with Crippen LogP contribution < -0.4 is 10.9 Å². The number of rotatable bonds is 2. The molecule has 2 amide bonds. The Labute approximate surface area is 106 Å². The number of halogens is 2. The summed E-state index contributed by atoms with van der Waals surface area (Å²) in [6.45, 7) is 1.86. The molecule has 88 valence electrons. The van der Waals surface area contributed by atoms with Crippen LogP contribution in [0.25, 0.3) is 0 Å². The molecular formula is C8H8Cl2N2O3S. The number of hydrazine groups is 1. The first kappa shape index (κ1) is 13.1. The van der Waals surface area contributed by atoms with Gasteiger partial charge in [-0.3, -0.25) is 10.2 Å². The minimum Gasteiger partial charge on any atom is -0.449 e. The summed E-state index contributed by atoms with van der Waals surface area (Å²) in [7, 11) is 0. The van der Waals surface area contributed by atoms with Crippen LogP contribution in [0.4, 0.5) is 4.79 Å². The summed E-state index contributed by atoms with van der Waals surface area (Å²) in [5.41, 5.74) is 4.40. The molecule has 1 aromatic heterocycles. The van der Waals surface area contributed by atoms with Gasteiger partial charge in [-0.05, 0) is 13.0 Å². The van der Waals surface area contributed by atoms with Gasteiger partial charge in [0.25, 0.3) is 5.91 Å². The summed E-state index contributed by atoms with van der Waals surface area (Å²) in [4.78, 5) is 22.3. The summed E-state index contributed by atoms with van der Waals surface area (Å²) < 4.78 is 5.19. The van der Waals surface area contributed by atoms with Crippen LogP contribution in [0.2, 0.25) is 8.67 Å². The lowest BCUT2D eigenvalue weighted by atomic mass is 10.3. The predicted octanol–water partition coefficient (Wildman–Crippen LogP) is 2.45. The molecule has 0 aromatic carbocycles. The second kappa shape index (κ2) is 5.93. The largest absolute Gasteiger partial charge is 0.449 e. The van der Waals surface area contributed by atoms with Crippen molar-refractivity contribution in [3.05, 3.63) is 20.3 Å². The van der Waals surface area contributed by atoms with Crippen LogP contribution in [0.5, 0.6) is 0 Å². The monoisotopic (exact) mass is 282 g/mol. The van der Waals surface area contributed by atoms with Crippen molar-refractivity contribution in [2.45, 2.75) is 6.92 Å². The number of ether oxygens (including phenoxy) is 1. The molecule has 0 saturated heterocycles. The maximum Gasteiger partial charge on any atom is 0.426 e. The highest BCUT2D eigenvalue weighted by atomic mass is 35.5. The van der Waals surface area contributed by atoms with E-state index >= 15 is 0 Å². The van der Waals surface area contributed by atoms with Crippen LogP contribution in [0.3, 0.4) is 0 Å². The Morgan fingerprint density at radius 2 is 2.12 bits per heavy atom. The molecule has 1 heterocycles. The van der Waals surface area contributed by atoms with E-state index in [1.165, 1.54) is 6.07 Å². The molecule has 5 nitrogen and oxygen atoms in total. The Morgan fingerprint density at radius 3 is 2.62 bits per heavy atom. The zero-order valence-corrected chi connectivity index (χ0v) is 10.5. The van der Waals surface area contributed by atoms with Gasteiger partial charge in [-0.1, -0.05) is 23.2 Å². The Morgan fingerprint density at radius 1 is 1.44 bits per heavy atom. The normalized spacial score (nSPS) is 9.69. The molecular weight excluding hydrogens is 275 g/mol. The van der Waals surface area contributed by atoms with Gasteiger partial charge in [0, 0.05) is 0 Å². The highest BCUT2D eigenvalue weighted by Gasteiger charge is 2.14. The average Bonchev–Trinajstić information content (AvgIpc) is 2.55. The lowest BCUT2D eigenvalue weighted by Crippen LogP contribution is -2.41. The predicted molar refractivity (Wildman–Crippen MR) is 62.0 cm³/mol. The molecule has 0 fully saturated rings. The lowest BCUT2D eigenvalue weighted by molar-refractivity contribution is 0.0913. The summed E-state index contributed by atoms with van der Waals surface area (Å²) in [6, 6.07) is 1.41. The Kier molecular flexibility index (Phi) is 4.85. The van der Waals surface area contributed by atoms with E-state index < -0.39 is 12.0 Å². The quantitative estimate of drug-likeness (QED) is 0.819. The van der Waals surface area contributed by atoms with E-state index in [1.807, 2.05) is 0 Å². The third kappa shape index (κ3) is 3.55. The molecule has 0 radical (unpaired) electrons. The first-order valence-corrected chi connectivity index (χ1v) is 5.79. The van der Waals surface area contributed by atoms with Gasteiger partial charge >= 0.3 is 6.09 Å². The van der Waals surface area contributed by atoms with Gasteiger partial charge in [-0.2, -0.15) is 0 Å². The third-order valence-electron chi connectivity index (χ3n) is 1.45. The summed E-state index contributed by atoms with van der Waals surface area (Å²) in [5.74, 6) is -0.554. The topological polar surface area (TPSA) is 67.4 Å². The van der Waals surface area contributed by atoms with Crippen molar-refractivity contribution >= 4 is 46.5 Å². The van der Waals surface area contributed by atoms with Gasteiger partial charge in [0.15, 0.2) is 0 Å². The van der Waals surface area contributed by atoms with E-state index in [0.717, 1.165) is 11.3 Å². The number of hydrogen-bond acceptors (Lipinski definition) is 4. The summed E-state index contributed by atoms with van der Waals surface area (Å²) in [5, 5.41) is 0. The Bertz CT molecular complexity index is 408. The molecule has 0 aliphatic rings. The van der Waals surface area contributed by atoms with Crippen LogP contribution >= 0.6 is 34.5 Å². The number of amides is 2. The van der Waals surface area contributed by atoms with Crippen molar-refractivity contribution in [2.24, 2.45) is 0 Å². The van der Waals surface area contributed by atoms with Crippen LogP contribution in [0.15, 0.2) is 6.07 Å². The van der Waals surface area contributed by atoms with Gasteiger partial charge in [0.1, 0.15) is 4.34 Å². The Balaban J connectivity index is 2.53. The van der Waals surface area contributed by atoms with E-state index in [-0.39, 0.29) is 16.5 Å². The molecule has 16 heavy (non-hydrogen) atoms. The molecule has 0 saturated carbocycles.